The van der Waals surface area contributed by atoms with Gasteiger partial charge in [-0.05, 0) is 42.9 Å². The van der Waals surface area contributed by atoms with Crippen LogP contribution < -0.4 is 5.73 Å². The van der Waals surface area contributed by atoms with Crippen molar-refractivity contribution in [3.8, 4) is 0 Å². The number of rotatable bonds is 3. The Balaban J connectivity index is 2.38. The van der Waals surface area contributed by atoms with Gasteiger partial charge in [-0.3, -0.25) is 0 Å². The summed E-state index contributed by atoms with van der Waals surface area (Å²) in [6, 6.07) is 5.38. The van der Waals surface area contributed by atoms with Crippen molar-refractivity contribution in [3.63, 3.8) is 0 Å². The second kappa shape index (κ2) is 3.60. The average molecular weight is 207 g/mol. The van der Waals surface area contributed by atoms with Crippen molar-refractivity contribution in [2.75, 3.05) is 6.54 Å². The molecule has 1 atom stereocenters. The Morgan fingerprint density at radius 2 is 2.13 bits per heavy atom. The van der Waals surface area contributed by atoms with Crippen molar-refractivity contribution in [3.05, 3.63) is 35.1 Å². The molecule has 0 spiro atoms. The quantitative estimate of drug-likeness (QED) is 0.810. The molecule has 0 heterocycles. The molecule has 0 radical (unpaired) electrons. The third-order valence-electron chi connectivity index (χ3n) is 3.72. The van der Waals surface area contributed by atoms with Crippen LogP contribution in [-0.2, 0) is 5.41 Å². The minimum atomic E-state index is -0.131. The molecule has 82 valence electrons. The van der Waals surface area contributed by atoms with Crippen molar-refractivity contribution >= 4 is 0 Å². The molecule has 1 saturated carbocycles. The molecule has 1 aromatic carbocycles. The molecule has 2 heteroatoms. The van der Waals surface area contributed by atoms with Crippen LogP contribution in [0.5, 0.6) is 0 Å². The number of aryl methyl sites for hydroxylation is 1. The first kappa shape index (κ1) is 10.6. The van der Waals surface area contributed by atoms with Gasteiger partial charge in [0.1, 0.15) is 5.82 Å². The van der Waals surface area contributed by atoms with Crippen LogP contribution >= 0.6 is 0 Å². The number of hydrogen-bond donors (Lipinski definition) is 1. The molecule has 1 unspecified atom stereocenters. The van der Waals surface area contributed by atoms with Crippen molar-refractivity contribution < 1.29 is 4.39 Å². The highest BCUT2D eigenvalue weighted by Gasteiger charge is 2.41. The highest BCUT2D eigenvalue weighted by Crippen LogP contribution is 2.46. The standard InChI is InChI=1S/C13H18FN/c1-9-7-11(5-6-12(9)14)13(2,8-15)10-3-4-10/h5-7,10H,3-4,8,15H2,1-2H3. The lowest BCUT2D eigenvalue weighted by molar-refractivity contribution is 0.419. The molecular weight excluding hydrogens is 189 g/mol. The van der Waals surface area contributed by atoms with Gasteiger partial charge in [0.15, 0.2) is 0 Å². The maximum atomic E-state index is 13.2. The maximum Gasteiger partial charge on any atom is 0.126 e. The number of nitrogens with two attached hydrogens (primary N) is 1. The SMILES string of the molecule is Cc1cc(C(C)(CN)C2CC2)ccc1F. The van der Waals surface area contributed by atoms with E-state index >= 15 is 0 Å². The Kier molecular flexibility index (Phi) is 2.55. The summed E-state index contributed by atoms with van der Waals surface area (Å²) in [4.78, 5) is 0. The van der Waals surface area contributed by atoms with Gasteiger partial charge in [-0.2, -0.15) is 0 Å². The van der Waals surface area contributed by atoms with Crippen LogP contribution in [0.1, 0.15) is 30.9 Å². The van der Waals surface area contributed by atoms with Gasteiger partial charge < -0.3 is 5.73 Å². The molecular formula is C13H18FN. The summed E-state index contributed by atoms with van der Waals surface area (Å²) in [6.45, 7) is 4.64. The van der Waals surface area contributed by atoms with Crippen molar-refractivity contribution in [1.82, 2.24) is 0 Å². The van der Waals surface area contributed by atoms with E-state index in [1.54, 1.807) is 6.07 Å². The zero-order chi connectivity index (χ0) is 11.1. The van der Waals surface area contributed by atoms with Crippen molar-refractivity contribution in [1.29, 1.82) is 0 Å². The Morgan fingerprint density at radius 1 is 1.47 bits per heavy atom. The van der Waals surface area contributed by atoms with E-state index in [-0.39, 0.29) is 11.2 Å². The van der Waals surface area contributed by atoms with E-state index in [9.17, 15) is 4.39 Å². The topological polar surface area (TPSA) is 26.0 Å². The molecule has 1 aliphatic carbocycles. The maximum absolute atomic E-state index is 13.2. The van der Waals surface area contributed by atoms with E-state index in [4.69, 9.17) is 5.73 Å². The number of benzene rings is 1. The number of halogens is 1. The van der Waals surface area contributed by atoms with E-state index in [1.165, 1.54) is 18.4 Å². The number of hydrogen-bond acceptors (Lipinski definition) is 1. The molecule has 1 fully saturated rings. The lowest BCUT2D eigenvalue weighted by Gasteiger charge is -2.29. The molecule has 0 aromatic heterocycles. The second-order valence-electron chi connectivity index (χ2n) is 4.86. The van der Waals surface area contributed by atoms with E-state index in [0.717, 1.165) is 0 Å². The first-order chi connectivity index (χ1) is 7.08. The summed E-state index contributed by atoms with van der Waals surface area (Å²) in [5.41, 5.74) is 7.82. The van der Waals surface area contributed by atoms with Crippen LogP contribution in [0.2, 0.25) is 0 Å². The van der Waals surface area contributed by atoms with Gasteiger partial charge >= 0.3 is 0 Å². The lowest BCUT2D eigenvalue weighted by atomic mass is 9.77. The van der Waals surface area contributed by atoms with Gasteiger partial charge in [0.05, 0.1) is 0 Å². The third kappa shape index (κ3) is 1.78. The van der Waals surface area contributed by atoms with E-state index in [0.29, 0.717) is 18.0 Å². The van der Waals surface area contributed by atoms with Crippen LogP contribution in [0.15, 0.2) is 18.2 Å². The second-order valence-corrected chi connectivity index (χ2v) is 4.86. The molecule has 2 N–H and O–H groups in total. The van der Waals surface area contributed by atoms with E-state index in [1.807, 2.05) is 19.1 Å². The van der Waals surface area contributed by atoms with Crippen molar-refractivity contribution in [2.45, 2.75) is 32.1 Å². The molecule has 1 aromatic rings. The Morgan fingerprint density at radius 3 is 2.60 bits per heavy atom. The fourth-order valence-electron chi connectivity index (χ4n) is 2.24. The molecule has 0 amide bonds. The molecule has 15 heavy (non-hydrogen) atoms. The van der Waals surface area contributed by atoms with Crippen LogP contribution in [-0.4, -0.2) is 6.54 Å². The molecule has 1 aliphatic rings. The molecule has 1 nitrogen and oxygen atoms in total. The van der Waals surface area contributed by atoms with E-state index in [2.05, 4.69) is 6.92 Å². The summed E-state index contributed by atoms with van der Waals surface area (Å²) >= 11 is 0. The summed E-state index contributed by atoms with van der Waals surface area (Å²) in [5, 5.41) is 0. The van der Waals surface area contributed by atoms with Crippen LogP contribution in [0.25, 0.3) is 0 Å². The fourth-order valence-corrected chi connectivity index (χ4v) is 2.24. The average Bonchev–Trinajstić information content (AvgIpc) is 3.04. The lowest BCUT2D eigenvalue weighted by Crippen LogP contribution is -2.34. The van der Waals surface area contributed by atoms with E-state index < -0.39 is 0 Å². The van der Waals surface area contributed by atoms with Gasteiger partial charge in [0.25, 0.3) is 0 Å². The molecule has 0 saturated heterocycles. The van der Waals surface area contributed by atoms with Crippen LogP contribution in [0, 0.1) is 18.7 Å². The predicted octanol–water partition coefficient (Wildman–Crippen LogP) is 2.76. The summed E-state index contributed by atoms with van der Waals surface area (Å²) in [5.74, 6) is 0.557. The highest BCUT2D eigenvalue weighted by atomic mass is 19.1. The van der Waals surface area contributed by atoms with Crippen molar-refractivity contribution in [2.24, 2.45) is 11.7 Å². The molecule has 0 bridgehead atoms. The predicted molar refractivity (Wildman–Crippen MR) is 60.3 cm³/mol. The smallest absolute Gasteiger partial charge is 0.126 e. The zero-order valence-electron chi connectivity index (χ0n) is 9.39. The minimum absolute atomic E-state index is 0.0401. The Bertz CT molecular complexity index is 371. The Labute approximate surface area is 90.5 Å². The summed E-state index contributed by atoms with van der Waals surface area (Å²) in [6.07, 6.45) is 2.51. The first-order valence-electron chi connectivity index (χ1n) is 5.54. The van der Waals surface area contributed by atoms with Gasteiger partial charge in [0, 0.05) is 12.0 Å². The first-order valence-corrected chi connectivity index (χ1v) is 5.54. The normalized spacial score (nSPS) is 20.0. The van der Waals surface area contributed by atoms with Gasteiger partial charge in [-0.15, -0.1) is 0 Å². The highest BCUT2D eigenvalue weighted by molar-refractivity contribution is 5.32. The molecule has 0 aliphatic heterocycles. The van der Waals surface area contributed by atoms with Crippen LogP contribution in [0.4, 0.5) is 4.39 Å². The third-order valence-corrected chi connectivity index (χ3v) is 3.72. The molecule has 2 rings (SSSR count). The van der Waals surface area contributed by atoms with Gasteiger partial charge in [-0.1, -0.05) is 19.1 Å². The monoisotopic (exact) mass is 207 g/mol. The zero-order valence-corrected chi connectivity index (χ0v) is 9.39. The van der Waals surface area contributed by atoms with Crippen LogP contribution in [0.3, 0.4) is 0 Å². The van der Waals surface area contributed by atoms with Gasteiger partial charge in [0.2, 0.25) is 0 Å². The minimum Gasteiger partial charge on any atom is -0.330 e. The summed E-state index contributed by atoms with van der Waals surface area (Å²) < 4.78 is 13.2. The van der Waals surface area contributed by atoms with Gasteiger partial charge in [-0.25, -0.2) is 4.39 Å². The fraction of sp³-hybridized carbons (Fsp3) is 0.538. The largest absolute Gasteiger partial charge is 0.330 e. The Hall–Kier alpha value is -0.890. The summed E-state index contributed by atoms with van der Waals surface area (Å²) in [7, 11) is 0.